The van der Waals surface area contributed by atoms with Crippen molar-refractivity contribution >= 4 is 8.80 Å². The topological polar surface area (TPSA) is 0 Å². The highest BCUT2D eigenvalue weighted by atomic mass is 28.3. The molecule has 0 N–H and O–H groups in total. The molecule has 3 rings (SSSR count). The number of hydrogen-bond acceptors (Lipinski definition) is 0. The normalized spacial score (nSPS) is 28.4. The summed E-state index contributed by atoms with van der Waals surface area (Å²) in [5.74, 6) is -1.51. The van der Waals surface area contributed by atoms with Gasteiger partial charge < -0.3 is 0 Å². The van der Waals surface area contributed by atoms with Gasteiger partial charge in [0.15, 0.2) is 17.5 Å². The van der Waals surface area contributed by atoms with Gasteiger partial charge in [0.1, 0.15) is 0 Å². The van der Waals surface area contributed by atoms with Gasteiger partial charge in [0.25, 0.3) is 0 Å². The Bertz CT molecular complexity index is 579. The van der Waals surface area contributed by atoms with E-state index in [0.717, 1.165) is 37.5 Å². The third kappa shape index (κ3) is 6.11. The Morgan fingerprint density at radius 3 is 1.89 bits per heavy atom. The molecule has 1 aromatic rings. The smallest absolute Gasteiger partial charge is 0.194 e. The largest absolute Gasteiger partial charge is 0.204 e. The maximum absolute atomic E-state index is 13.5. The fourth-order valence-corrected chi connectivity index (χ4v) is 9.25. The molecule has 1 heterocycles. The molecule has 1 saturated carbocycles. The summed E-state index contributed by atoms with van der Waals surface area (Å²) in [5, 5.41) is 0. The highest BCUT2D eigenvalue weighted by Gasteiger charge is 2.25. The fraction of sp³-hybridized carbons (Fsp3) is 0.750. The van der Waals surface area contributed by atoms with Crippen LogP contribution in [-0.2, 0) is 0 Å². The van der Waals surface area contributed by atoms with Crippen molar-refractivity contribution in [2.75, 3.05) is 0 Å². The Morgan fingerprint density at radius 1 is 0.821 bits per heavy atom. The summed E-state index contributed by atoms with van der Waals surface area (Å²) in [6, 6.07) is 7.13. The molecule has 0 aromatic heterocycles. The van der Waals surface area contributed by atoms with Crippen LogP contribution >= 0.6 is 0 Å². The van der Waals surface area contributed by atoms with E-state index in [0.29, 0.717) is 5.56 Å². The molecule has 2 aliphatic rings. The molecule has 0 bridgehead atoms. The van der Waals surface area contributed by atoms with Gasteiger partial charge in [-0.1, -0.05) is 70.0 Å². The van der Waals surface area contributed by atoms with Crippen molar-refractivity contribution < 1.29 is 13.2 Å². The van der Waals surface area contributed by atoms with Crippen molar-refractivity contribution in [3.05, 3.63) is 35.1 Å². The SMILES string of the molecule is CCC[Si@H]1CC[C@H](CCCC[C@H]2CC[C@H](c3cc(F)c(F)c(F)c3)CC2)CC1. The van der Waals surface area contributed by atoms with Gasteiger partial charge in [-0.05, 0) is 61.1 Å². The molecule has 1 aliphatic heterocycles. The lowest BCUT2D eigenvalue weighted by molar-refractivity contribution is 0.296. The van der Waals surface area contributed by atoms with Crippen LogP contribution in [0.25, 0.3) is 0 Å². The molecule has 0 nitrogen and oxygen atoms in total. The second-order valence-electron chi connectivity index (χ2n) is 9.48. The molecule has 28 heavy (non-hydrogen) atoms. The molecule has 1 aromatic carbocycles. The molecule has 0 amide bonds. The van der Waals surface area contributed by atoms with E-state index in [9.17, 15) is 13.2 Å². The standard InChI is InChI=1S/C24H37F3Si/c1-2-13-28-14-11-19(12-15-28)6-4-3-5-18-7-9-20(10-8-18)21-16-22(25)24(27)23(26)17-21/h16-20,28H,2-15H2,1H3/t18-,19-,20-,28-. The summed E-state index contributed by atoms with van der Waals surface area (Å²) in [6.07, 6.45) is 14.1. The number of hydrogen-bond donors (Lipinski definition) is 0. The van der Waals surface area contributed by atoms with Gasteiger partial charge in [0, 0.05) is 8.80 Å². The second kappa shape index (κ2) is 10.8. The second-order valence-corrected chi connectivity index (χ2v) is 12.9. The van der Waals surface area contributed by atoms with Gasteiger partial charge in [0.05, 0.1) is 0 Å². The first-order valence-electron chi connectivity index (χ1n) is 11.7. The fourth-order valence-electron chi connectivity index (χ4n) is 5.68. The van der Waals surface area contributed by atoms with E-state index >= 15 is 0 Å². The molecule has 1 saturated heterocycles. The van der Waals surface area contributed by atoms with Gasteiger partial charge in [-0.3, -0.25) is 0 Å². The maximum atomic E-state index is 13.5. The zero-order chi connectivity index (χ0) is 19.9. The third-order valence-electron chi connectivity index (χ3n) is 7.46. The Balaban J connectivity index is 1.31. The minimum atomic E-state index is -1.35. The lowest BCUT2D eigenvalue weighted by Crippen LogP contribution is -2.21. The predicted octanol–water partition coefficient (Wildman–Crippen LogP) is 7.99. The minimum Gasteiger partial charge on any atom is -0.204 e. The first-order valence-corrected chi connectivity index (χ1v) is 14.2. The van der Waals surface area contributed by atoms with E-state index in [1.54, 1.807) is 18.1 Å². The maximum Gasteiger partial charge on any atom is 0.194 e. The molecule has 0 atom stereocenters. The van der Waals surface area contributed by atoms with Crippen molar-refractivity contribution in [2.45, 2.75) is 102 Å². The number of benzene rings is 1. The van der Waals surface area contributed by atoms with Crippen LogP contribution < -0.4 is 0 Å². The molecule has 0 spiro atoms. The van der Waals surface area contributed by atoms with Crippen molar-refractivity contribution in [3.63, 3.8) is 0 Å². The minimum absolute atomic E-state index is 0.184. The van der Waals surface area contributed by atoms with E-state index in [1.807, 2.05) is 0 Å². The summed E-state index contributed by atoms with van der Waals surface area (Å²) >= 11 is 0. The van der Waals surface area contributed by atoms with Gasteiger partial charge in [-0.2, -0.15) is 0 Å². The molecule has 0 radical (unpaired) electrons. The zero-order valence-electron chi connectivity index (χ0n) is 17.5. The molecule has 0 unspecified atom stereocenters. The van der Waals surface area contributed by atoms with E-state index in [1.165, 1.54) is 57.1 Å². The van der Waals surface area contributed by atoms with Crippen LogP contribution in [0.2, 0.25) is 18.1 Å². The summed E-state index contributed by atoms with van der Waals surface area (Å²) < 4.78 is 40.1. The zero-order valence-corrected chi connectivity index (χ0v) is 18.7. The number of rotatable bonds is 8. The lowest BCUT2D eigenvalue weighted by atomic mass is 9.77. The van der Waals surface area contributed by atoms with Gasteiger partial charge in [-0.15, -0.1) is 0 Å². The Morgan fingerprint density at radius 2 is 1.36 bits per heavy atom. The van der Waals surface area contributed by atoms with E-state index in [-0.39, 0.29) is 14.7 Å². The molecule has 2 fully saturated rings. The highest BCUT2D eigenvalue weighted by Crippen LogP contribution is 2.39. The van der Waals surface area contributed by atoms with Crippen LogP contribution in [0.4, 0.5) is 13.2 Å². The summed E-state index contributed by atoms with van der Waals surface area (Å²) in [4.78, 5) is 0. The Labute approximate surface area is 170 Å². The first-order chi connectivity index (χ1) is 13.6. The van der Waals surface area contributed by atoms with E-state index in [2.05, 4.69) is 6.92 Å². The van der Waals surface area contributed by atoms with Crippen LogP contribution in [0.3, 0.4) is 0 Å². The quantitative estimate of drug-likeness (QED) is 0.231. The van der Waals surface area contributed by atoms with Crippen molar-refractivity contribution in [1.82, 2.24) is 0 Å². The van der Waals surface area contributed by atoms with Crippen LogP contribution in [0, 0.1) is 29.3 Å². The van der Waals surface area contributed by atoms with Crippen LogP contribution in [0.5, 0.6) is 0 Å². The summed E-state index contributed by atoms with van der Waals surface area (Å²) in [6.45, 7) is 2.34. The molecular formula is C24H37F3Si. The van der Waals surface area contributed by atoms with Crippen molar-refractivity contribution in [1.29, 1.82) is 0 Å². The highest BCUT2D eigenvalue weighted by molar-refractivity contribution is 6.58. The summed E-state index contributed by atoms with van der Waals surface area (Å²) in [5.41, 5.74) is 0.636. The first kappa shape index (κ1) is 21.9. The van der Waals surface area contributed by atoms with Crippen molar-refractivity contribution in [3.8, 4) is 0 Å². The van der Waals surface area contributed by atoms with Crippen LogP contribution in [0.1, 0.15) is 89.0 Å². The summed E-state index contributed by atoms with van der Waals surface area (Å²) in [7, 11) is -0.338. The predicted molar refractivity (Wildman–Crippen MR) is 114 cm³/mol. The van der Waals surface area contributed by atoms with Crippen LogP contribution in [-0.4, -0.2) is 8.80 Å². The van der Waals surface area contributed by atoms with E-state index < -0.39 is 17.5 Å². The van der Waals surface area contributed by atoms with Crippen molar-refractivity contribution in [2.24, 2.45) is 11.8 Å². The molecular weight excluding hydrogens is 373 g/mol. The van der Waals surface area contributed by atoms with Gasteiger partial charge in [0.2, 0.25) is 0 Å². The average Bonchev–Trinajstić information content (AvgIpc) is 2.71. The van der Waals surface area contributed by atoms with Crippen LogP contribution in [0.15, 0.2) is 12.1 Å². The lowest BCUT2D eigenvalue weighted by Gasteiger charge is -2.29. The number of halogens is 3. The van der Waals surface area contributed by atoms with E-state index in [4.69, 9.17) is 0 Å². The van der Waals surface area contributed by atoms with Gasteiger partial charge in [-0.25, -0.2) is 13.2 Å². The molecule has 4 heteroatoms. The number of unbranched alkanes of at least 4 members (excludes halogenated alkanes) is 1. The average molecular weight is 411 g/mol. The Kier molecular flexibility index (Phi) is 8.49. The Hall–Kier alpha value is -0.773. The van der Waals surface area contributed by atoms with Gasteiger partial charge >= 0.3 is 0 Å². The third-order valence-corrected chi connectivity index (χ3v) is 11.2. The monoisotopic (exact) mass is 410 g/mol. The molecule has 1 aliphatic carbocycles. The molecule has 158 valence electrons.